The Labute approximate surface area is 235 Å². The minimum absolute atomic E-state index is 0.340. The zero-order chi connectivity index (χ0) is 27.1. The lowest BCUT2D eigenvalue weighted by Gasteiger charge is -2.23. The van der Waals surface area contributed by atoms with Crippen molar-refractivity contribution in [2.75, 3.05) is 18.4 Å². The van der Waals surface area contributed by atoms with Crippen LogP contribution < -0.4 is 5.32 Å². The van der Waals surface area contributed by atoms with E-state index in [0.717, 1.165) is 65.2 Å². The third-order valence-electron chi connectivity index (χ3n) is 6.91. The SMILES string of the molecule is O=S(=O)(c1ccc2ccccc2c1)N(CCCCCCNc1ccnc2cc(Cl)ccc12)Cc1ccccc1. The van der Waals surface area contributed by atoms with E-state index >= 15 is 0 Å². The lowest BCUT2D eigenvalue weighted by Crippen LogP contribution is -2.31. The molecule has 5 aromatic rings. The first-order valence-electron chi connectivity index (χ1n) is 13.3. The fourth-order valence-electron chi connectivity index (χ4n) is 4.81. The van der Waals surface area contributed by atoms with E-state index in [0.29, 0.717) is 23.0 Å². The maximum Gasteiger partial charge on any atom is 0.243 e. The van der Waals surface area contributed by atoms with Crippen molar-refractivity contribution >= 4 is 49.0 Å². The maximum atomic E-state index is 13.7. The second kappa shape index (κ2) is 12.6. The molecular formula is C32H32ClN3O2S. The first-order valence-corrected chi connectivity index (χ1v) is 15.1. The van der Waals surface area contributed by atoms with Gasteiger partial charge in [-0.1, -0.05) is 85.1 Å². The fraction of sp³-hybridized carbons (Fsp3) is 0.219. The highest BCUT2D eigenvalue weighted by Gasteiger charge is 2.24. The van der Waals surface area contributed by atoms with Crippen LogP contribution in [0, 0.1) is 0 Å². The van der Waals surface area contributed by atoms with Crippen molar-refractivity contribution in [3.05, 3.63) is 114 Å². The number of unbranched alkanes of at least 4 members (excludes halogenated alkanes) is 3. The van der Waals surface area contributed by atoms with Crippen LogP contribution in [0.5, 0.6) is 0 Å². The number of rotatable bonds is 12. The number of aromatic nitrogens is 1. The predicted octanol–water partition coefficient (Wildman–Crippen LogP) is 7.90. The van der Waals surface area contributed by atoms with E-state index < -0.39 is 10.0 Å². The zero-order valence-electron chi connectivity index (χ0n) is 21.8. The molecule has 1 heterocycles. The molecule has 4 aromatic carbocycles. The minimum Gasteiger partial charge on any atom is -0.384 e. The number of nitrogens with zero attached hydrogens (tertiary/aromatic N) is 2. The van der Waals surface area contributed by atoms with Gasteiger partial charge in [0.05, 0.1) is 10.4 Å². The van der Waals surface area contributed by atoms with Crippen LogP contribution >= 0.6 is 11.6 Å². The van der Waals surface area contributed by atoms with Crippen LogP contribution in [0.15, 0.2) is 108 Å². The number of anilines is 1. The molecule has 0 bridgehead atoms. The molecule has 0 atom stereocenters. The van der Waals surface area contributed by atoms with Crippen LogP contribution in [-0.2, 0) is 16.6 Å². The van der Waals surface area contributed by atoms with Crippen LogP contribution in [0.1, 0.15) is 31.2 Å². The largest absolute Gasteiger partial charge is 0.384 e. The average Bonchev–Trinajstić information content (AvgIpc) is 2.96. The molecule has 0 aliphatic rings. The number of benzene rings is 4. The number of nitrogens with one attached hydrogen (secondary N) is 1. The smallest absolute Gasteiger partial charge is 0.243 e. The van der Waals surface area contributed by atoms with Crippen molar-refractivity contribution in [3.63, 3.8) is 0 Å². The highest BCUT2D eigenvalue weighted by atomic mass is 35.5. The van der Waals surface area contributed by atoms with Gasteiger partial charge in [-0.3, -0.25) is 4.98 Å². The van der Waals surface area contributed by atoms with E-state index in [4.69, 9.17) is 11.6 Å². The Morgan fingerprint density at radius 3 is 2.38 bits per heavy atom. The number of sulfonamides is 1. The molecule has 7 heteroatoms. The second-order valence-corrected chi connectivity index (χ2v) is 12.1. The molecule has 0 spiro atoms. The lowest BCUT2D eigenvalue weighted by atomic mass is 10.1. The van der Waals surface area contributed by atoms with Gasteiger partial charge in [0.15, 0.2) is 0 Å². The van der Waals surface area contributed by atoms with Gasteiger partial charge in [0.1, 0.15) is 0 Å². The maximum absolute atomic E-state index is 13.7. The standard InChI is InChI=1S/C32H32ClN3O2S/c33-28-15-17-30-31(18-20-35-32(30)23-28)34-19-8-1-2-9-21-36(24-25-10-4-3-5-11-25)39(37,38)29-16-14-26-12-6-7-13-27(26)22-29/h3-7,10-18,20,22-23H,1-2,8-9,19,21,24H2,(H,34,35). The zero-order valence-corrected chi connectivity index (χ0v) is 23.3. The molecule has 5 rings (SSSR count). The van der Waals surface area contributed by atoms with E-state index in [-0.39, 0.29) is 0 Å². The summed E-state index contributed by atoms with van der Waals surface area (Å²) in [5, 5.41) is 7.20. The van der Waals surface area contributed by atoms with Crippen molar-refractivity contribution in [2.24, 2.45) is 0 Å². The molecule has 0 saturated carbocycles. The topological polar surface area (TPSA) is 62.3 Å². The van der Waals surface area contributed by atoms with Gasteiger partial charge in [0.25, 0.3) is 0 Å². The van der Waals surface area contributed by atoms with Crippen molar-refractivity contribution in [1.82, 2.24) is 9.29 Å². The summed E-state index contributed by atoms with van der Waals surface area (Å²) in [7, 11) is -3.64. The van der Waals surface area contributed by atoms with E-state index in [9.17, 15) is 8.42 Å². The Morgan fingerprint density at radius 2 is 1.54 bits per heavy atom. The van der Waals surface area contributed by atoms with Crippen molar-refractivity contribution in [2.45, 2.75) is 37.1 Å². The molecule has 0 fully saturated rings. The Kier molecular flexibility index (Phi) is 8.77. The molecule has 0 aliphatic carbocycles. The molecule has 200 valence electrons. The Morgan fingerprint density at radius 1 is 0.769 bits per heavy atom. The van der Waals surface area contributed by atoms with Gasteiger partial charge in [-0.2, -0.15) is 4.31 Å². The monoisotopic (exact) mass is 557 g/mol. The van der Waals surface area contributed by atoms with Gasteiger partial charge in [0.2, 0.25) is 10.0 Å². The lowest BCUT2D eigenvalue weighted by molar-refractivity contribution is 0.392. The summed E-state index contributed by atoms with van der Waals surface area (Å²) in [6.07, 6.45) is 5.55. The van der Waals surface area contributed by atoms with E-state index in [2.05, 4.69) is 10.3 Å². The first kappa shape index (κ1) is 27.1. The van der Waals surface area contributed by atoms with Crippen molar-refractivity contribution < 1.29 is 8.42 Å². The van der Waals surface area contributed by atoms with Crippen LogP contribution in [0.3, 0.4) is 0 Å². The van der Waals surface area contributed by atoms with Crippen LogP contribution in [0.25, 0.3) is 21.7 Å². The van der Waals surface area contributed by atoms with Crippen molar-refractivity contribution in [1.29, 1.82) is 0 Å². The molecule has 39 heavy (non-hydrogen) atoms. The molecule has 0 amide bonds. The third-order valence-corrected chi connectivity index (χ3v) is 8.99. The molecule has 1 aromatic heterocycles. The average molecular weight is 558 g/mol. The fourth-order valence-corrected chi connectivity index (χ4v) is 6.48. The van der Waals surface area contributed by atoms with Crippen LogP contribution in [0.2, 0.25) is 5.02 Å². The molecule has 5 nitrogen and oxygen atoms in total. The molecule has 1 N–H and O–H groups in total. The summed E-state index contributed by atoms with van der Waals surface area (Å²) in [4.78, 5) is 4.74. The summed E-state index contributed by atoms with van der Waals surface area (Å²) in [5.74, 6) is 0. The van der Waals surface area contributed by atoms with Gasteiger partial charge in [-0.05, 0) is 65.6 Å². The number of halogens is 1. The molecule has 0 radical (unpaired) electrons. The minimum atomic E-state index is -3.64. The molecule has 0 aliphatic heterocycles. The number of fused-ring (bicyclic) bond motifs is 2. The highest BCUT2D eigenvalue weighted by Crippen LogP contribution is 2.25. The number of hydrogen-bond acceptors (Lipinski definition) is 4. The van der Waals surface area contributed by atoms with Gasteiger partial charge in [-0.15, -0.1) is 0 Å². The summed E-state index contributed by atoms with van der Waals surface area (Å²) < 4.78 is 29.1. The first-order chi connectivity index (χ1) is 19.0. The second-order valence-electron chi connectivity index (χ2n) is 9.69. The quantitative estimate of drug-likeness (QED) is 0.158. The predicted molar refractivity (Wildman–Crippen MR) is 162 cm³/mol. The summed E-state index contributed by atoms with van der Waals surface area (Å²) >= 11 is 6.10. The van der Waals surface area contributed by atoms with Crippen LogP contribution in [0.4, 0.5) is 5.69 Å². The van der Waals surface area contributed by atoms with E-state index in [1.54, 1.807) is 22.6 Å². The normalized spacial score (nSPS) is 11.8. The number of pyridine rings is 1. The Hall–Kier alpha value is -3.45. The highest BCUT2D eigenvalue weighted by molar-refractivity contribution is 7.89. The van der Waals surface area contributed by atoms with Gasteiger partial charge in [-0.25, -0.2) is 8.42 Å². The van der Waals surface area contributed by atoms with Crippen LogP contribution in [-0.4, -0.2) is 30.8 Å². The molecule has 0 saturated heterocycles. The van der Waals surface area contributed by atoms with E-state index in [1.165, 1.54) is 0 Å². The van der Waals surface area contributed by atoms with Gasteiger partial charge in [0, 0.05) is 41.9 Å². The van der Waals surface area contributed by atoms with Gasteiger partial charge >= 0.3 is 0 Å². The molecule has 0 unspecified atom stereocenters. The number of hydrogen-bond donors (Lipinski definition) is 1. The van der Waals surface area contributed by atoms with Crippen molar-refractivity contribution in [3.8, 4) is 0 Å². The third kappa shape index (κ3) is 6.77. The van der Waals surface area contributed by atoms with E-state index in [1.807, 2.05) is 84.9 Å². The Balaban J connectivity index is 1.18. The van der Waals surface area contributed by atoms with Gasteiger partial charge < -0.3 is 5.32 Å². The summed E-state index contributed by atoms with van der Waals surface area (Å²) in [6.45, 7) is 1.68. The Bertz CT molecular complexity index is 1660. The summed E-state index contributed by atoms with van der Waals surface area (Å²) in [6, 6.07) is 30.8. The summed E-state index contributed by atoms with van der Waals surface area (Å²) in [5.41, 5.74) is 2.91. The molecular weight excluding hydrogens is 526 g/mol.